The minimum atomic E-state index is 0.612. The van der Waals surface area contributed by atoms with Crippen molar-refractivity contribution in [1.29, 1.82) is 0 Å². The van der Waals surface area contributed by atoms with Crippen LogP contribution >= 0.6 is 11.6 Å². The molecule has 3 aromatic rings. The van der Waals surface area contributed by atoms with Crippen LogP contribution < -0.4 is 5.73 Å². The van der Waals surface area contributed by atoms with Crippen LogP contribution in [0.25, 0.3) is 16.7 Å². The Balaban J connectivity index is 2.22. The number of fused-ring (bicyclic) bond motifs is 1. The molecule has 1 aromatic heterocycles. The zero-order valence-electron chi connectivity index (χ0n) is 8.84. The molecule has 0 aliphatic carbocycles. The summed E-state index contributed by atoms with van der Waals surface area (Å²) in [5, 5.41) is 9.31. The fraction of sp³-hybridized carbons (Fsp3) is 0. The van der Waals surface area contributed by atoms with Gasteiger partial charge in [0.1, 0.15) is 16.7 Å². The maximum Gasteiger partial charge on any atom is 0.115 e. The molecule has 5 heteroatoms. The van der Waals surface area contributed by atoms with E-state index in [0.717, 1.165) is 16.7 Å². The van der Waals surface area contributed by atoms with Gasteiger partial charge in [-0.05, 0) is 30.3 Å². The molecule has 0 saturated heterocycles. The van der Waals surface area contributed by atoms with E-state index in [4.69, 9.17) is 17.3 Å². The second-order valence-corrected chi connectivity index (χ2v) is 4.10. The van der Waals surface area contributed by atoms with Gasteiger partial charge in [-0.3, -0.25) is 0 Å². The molecule has 0 spiro atoms. The minimum absolute atomic E-state index is 0.612. The summed E-state index contributed by atoms with van der Waals surface area (Å²) >= 11 is 6.09. The lowest BCUT2D eigenvalue weighted by Crippen LogP contribution is -1.98. The van der Waals surface area contributed by atoms with Crippen molar-refractivity contribution in [2.75, 3.05) is 5.73 Å². The number of benzene rings is 2. The Labute approximate surface area is 103 Å². The van der Waals surface area contributed by atoms with Gasteiger partial charge >= 0.3 is 0 Å². The molecule has 0 bridgehead atoms. The Bertz CT molecular complexity index is 690. The quantitative estimate of drug-likeness (QED) is 0.670. The number of anilines is 1. The second-order valence-electron chi connectivity index (χ2n) is 3.69. The van der Waals surface area contributed by atoms with E-state index in [0.29, 0.717) is 10.7 Å². The molecular formula is C12H9ClN4. The summed E-state index contributed by atoms with van der Waals surface area (Å²) < 4.78 is 0. The number of halogens is 1. The number of nitrogens with two attached hydrogens (primary N) is 1. The Hall–Kier alpha value is -2.07. The third-order valence-corrected chi connectivity index (χ3v) is 2.79. The van der Waals surface area contributed by atoms with Crippen molar-refractivity contribution >= 4 is 28.3 Å². The number of nitrogens with zero attached hydrogens (tertiary/aromatic N) is 3. The molecule has 0 fully saturated rings. The first-order chi connectivity index (χ1) is 8.24. The van der Waals surface area contributed by atoms with Crippen LogP contribution in [-0.2, 0) is 0 Å². The molecule has 4 nitrogen and oxygen atoms in total. The van der Waals surface area contributed by atoms with E-state index in [9.17, 15) is 0 Å². The molecule has 1 heterocycles. The van der Waals surface area contributed by atoms with Crippen LogP contribution in [0.2, 0.25) is 5.02 Å². The molecule has 0 radical (unpaired) electrons. The first kappa shape index (κ1) is 10.1. The van der Waals surface area contributed by atoms with Crippen LogP contribution in [0.5, 0.6) is 0 Å². The summed E-state index contributed by atoms with van der Waals surface area (Å²) in [6.07, 6.45) is 0. The Kier molecular flexibility index (Phi) is 2.23. The average Bonchev–Trinajstić information content (AvgIpc) is 2.72. The molecule has 0 aliphatic rings. The van der Waals surface area contributed by atoms with Gasteiger partial charge in [0.15, 0.2) is 0 Å². The lowest BCUT2D eigenvalue weighted by Gasteiger charge is -2.00. The zero-order valence-corrected chi connectivity index (χ0v) is 9.59. The number of hydrogen-bond donors (Lipinski definition) is 1. The van der Waals surface area contributed by atoms with E-state index < -0.39 is 0 Å². The Morgan fingerprint density at radius 3 is 2.59 bits per heavy atom. The van der Waals surface area contributed by atoms with Gasteiger partial charge in [0.25, 0.3) is 0 Å². The predicted octanol–water partition coefficient (Wildman–Crippen LogP) is 2.66. The monoisotopic (exact) mass is 244 g/mol. The average molecular weight is 245 g/mol. The highest BCUT2D eigenvalue weighted by atomic mass is 35.5. The topological polar surface area (TPSA) is 56.7 Å². The smallest absolute Gasteiger partial charge is 0.115 e. The van der Waals surface area contributed by atoms with E-state index in [-0.39, 0.29) is 0 Å². The number of nitrogen functional groups attached to an aromatic ring is 1. The van der Waals surface area contributed by atoms with Gasteiger partial charge < -0.3 is 5.73 Å². The van der Waals surface area contributed by atoms with Crippen LogP contribution in [0.3, 0.4) is 0 Å². The molecule has 0 amide bonds. The van der Waals surface area contributed by atoms with Crippen molar-refractivity contribution in [1.82, 2.24) is 15.0 Å². The van der Waals surface area contributed by atoms with Gasteiger partial charge in [-0.15, -0.1) is 15.0 Å². The summed E-state index contributed by atoms with van der Waals surface area (Å²) in [6.45, 7) is 0. The third kappa shape index (κ3) is 1.72. The van der Waals surface area contributed by atoms with Crippen molar-refractivity contribution in [3.05, 3.63) is 47.5 Å². The maximum absolute atomic E-state index is 6.09. The van der Waals surface area contributed by atoms with Crippen LogP contribution in [0.15, 0.2) is 42.5 Å². The molecule has 84 valence electrons. The van der Waals surface area contributed by atoms with E-state index in [1.165, 1.54) is 4.80 Å². The minimum Gasteiger partial charge on any atom is -0.399 e. The van der Waals surface area contributed by atoms with Crippen LogP contribution in [0, 0.1) is 0 Å². The summed E-state index contributed by atoms with van der Waals surface area (Å²) in [5.74, 6) is 0. The fourth-order valence-corrected chi connectivity index (χ4v) is 1.86. The van der Waals surface area contributed by atoms with Gasteiger partial charge in [0, 0.05) is 5.69 Å². The van der Waals surface area contributed by atoms with Crippen LogP contribution in [-0.4, -0.2) is 15.0 Å². The lowest BCUT2D eigenvalue weighted by molar-refractivity contribution is 0.766. The number of aromatic nitrogens is 3. The van der Waals surface area contributed by atoms with Crippen LogP contribution in [0.4, 0.5) is 5.69 Å². The Morgan fingerprint density at radius 2 is 1.76 bits per heavy atom. The highest BCUT2D eigenvalue weighted by Crippen LogP contribution is 2.20. The number of hydrogen-bond acceptors (Lipinski definition) is 3. The summed E-state index contributed by atoms with van der Waals surface area (Å²) in [7, 11) is 0. The standard InChI is InChI=1S/C12H9ClN4/c13-9-3-1-2-4-12(9)17-15-10-6-5-8(14)7-11(10)16-17/h1-7H,14H2. The van der Waals surface area contributed by atoms with Crippen molar-refractivity contribution in [3.63, 3.8) is 0 Å². The third-order valence-electron chi connectivity index (χ3n) is 2.47. The van der Waals surface area contributed by atoms with Gasteiger partial charge in [-0.2, -0.15) is 0 Å². The SMILES string of the molecule is Nc1ccc2nn(-c3ccccc3Cl)nc2c1. The van der Waals surface area contributed by atoms with Crippen molar-refractivity contribution in [2.24, 2.45) is 0 Å². The van der Waals surface area contributed by atoms with Crippen molar-refractivity contribution in [3.8, 4) is 5.69 Å². The van der Waals surface area contributed by atoms with Gasteiger partial charge in [-0.25, -0.2) is 0 Å². The molecule has 0 aliphatic heterocycles. The van der Waals surface area contributed by atoms with E-state index in [2.05, 4.69) is 10.2 Å². The molecular weight excluding hydrogens is 236 g/mol. The first-order valence-corrected chi connectivity index (χ1v) is 5.49. The molecule has 17 heavy (non-hydrogen) atoms. The van der Waals surface area contributed by atoms with E-state index in [1.54, 1.807) is 18.2 Å². The molecule has 0 saturated carbocycles. The van der Waals surface area contributed by atoms with Gasteiger partial charge in [0.05, 0.1) is 5.02 Å². The first-order valence-electron chi connectivity index (χ1n) is 5.11. The maximum atomic E-state index is 6.09. The van der Waals surface area contributed by atoms with Gasteiger partial charge in [-0.1, -0.05) is 23.7 Å². The van der Waals surface area contributed by atoms with E-state index in [1.807, 2.05) is 24.3 Å². The normalized spacial score (nSPS) is 10.9. The molecule has 0 atom stereocenters. The highest BCUT2D eigenvalue weighted by molar-refractivity contribution is 6.32. The summed E-state index contributed by atoms with van der Waals surface area (Å²) in [4.78, 5) is 1.52. The zero-order chi connectivity index (χ0) is 11.8. The van der Waals surface area contributed by atoms with E-state index >= 15 is 0 Å². The summed E-state index contributed by atoms with van der Waals surface area (Å²) in [5.41, 5.74) is 8.67. The molecule has 3 rings (SSSR count). The predicted molar refractivity (Wildman–Crippen MR) is 68.3 cm³/mol. The van der Waals surface area contributed by atoms with Gasteiger partial charge in [0.2, 0.25) is 0 Å². The fourth-order valence-electron chi connectivity index (χ4n) is 1.65. The lowest BCUT2D eigenvalue weighted by atomic mass is 10.3. The summed E-state index contributed by atoms with van der Waals surface area (Å²) in [6, 6.07) is 12.9. The largest absolute Gasteiger partial charge is 0.399 e. The molecule has 2 N–H and O–H groups in total. The number of rotatable bonds is 1. The van der Waals surface area contributed by atoms with Crippen LogP contribution in [0.1, 0.15) is 0 Å². The second kappa shape index (κ2) is 3.75. The Morgan fingerprint density at radius 1 is 1.00 bits per heavy atom. The molecule has 2 aromatic carbocycles. The number of para-hydroxylation sites is 1. The highest BCUT2D eigenvalue weighted by Gasteiger charge is 2.07. The molecule has 0 unspecified atom stereocenters. The van der Waals surface area contributed by atoms with Crippen molar-refractivity contribution < 1.29 is 0 Å². The van der Waals surface area contributed by atoms with Crippen molar-refractivity contribution in [2.45, 2.75) is 0 Å².